The number of aromatic nitrogens is 2. The van der Waals surface area contributed by atoms with Gasteiger partial charge in [-0.3, -0.25) is 14.9 Å². The summed E-state index contributed by atoms with van der Waals surface area (Å²) in [4.78, 5) is 35.5. The molecule has 3 rings (SSSR count). The molecule has 0 spiro atoms. The van der Waals surface area contributed by atoms with Gasteiger partial charge in [-0.15, -0.1) is 0 Å². The van der Waals surface area contributed by atoms with E-state index in [1.165, 1.54) is 30.5 Å². The molecule has 1 aliphatic rings. The maximum Gasteiger partial charge on any atom is 0.326 e. The minimum Gasteiger partial charge on any atom is -0.480 e. The molecule has 2 heterocycles. The van der Waals surface area contributed by atoms with E-state index in [1.54, 1.807) is 4.90 Å². The second-order valence-electron chi connectivity index (χ2n) is 5.52. The van der Waals surface area contributed by atoms with Gasteiger partial charge >= 0.3 is 5.97 Å². The zero-order chi connectivity index (χ0) is 18.1. The average molecular weight is 365 g/mol. The first kappa shape index (κ1) is 16.9. The Hall–Kier alpha value is -2.94. The maximum atomic E-state index is 12.5. The first-order chi connectivity index (χ1) is 11.9. The number of halogens is 1. The van der Waals surface area contributed by atoms with Crippen molar-refractivity contribution < 1.29 is 14.8 Å². The summed E-state index contributed by atoms with van der Waals surface area (Å²) in [5, 5.41) is 23.9. The zero-order valence-electron chi connectivity index (χ0n) is 12.8. The number of nitro groups is 1. The lowest BCUT2D eigenvalue weighted by atomic mass is 10.2. The number of carboxylic acids is 1. The number of carboxylic acid groups (broad SMARTS) is 1. The fraction of sp³-hybridized carbons (Fsp3) is 0.267. The molecule has 1 N–H and O–H groups in total. The summed E-state index contributed by atoms with van der Waals surface area (Å²) in [5.74, 6) is -0.979. The molecule has 0 aliphatic carbocycles. The van der Waals surface area contributed by atoms with E-state index in [4.69, 9.17) is 11.6 Å². The number of hydrogen-bond acceptors (Lipinski definition) is 6. The topological polar surface area (TPSA) is 119 Å². The van der Waals surface area contributed by atoms with Crippen molar-refractivity contribution in [1.82, 2.24) is 9.78 Å². The fourth-order valence-electron chi connectivity index (χ4n) is 2.84. The van der Waals surface area contributed by atoms with Gasteiger partial charge in [0, 0.05) is 18.7 Å². The van der Waals surface area contributed by atoms with E-state index in [2.05, 4.69) is 5.10 Å². The minimum absolute atomic E-state index is 0.110. The number of aliphatic carboxylic acids is 1. The molecule has 1 atom stereocenters. The van der Waals surface area contributed by atoms with Crippen molar-refractivity contribution in [3.05, 3.63) is 56.0 Å². The van der Waals surface area contributed by atoms with Gasteiger partial charge in [0.1, 0.15) is 11.1 Å². The molecule has 0 amide bonds. The number of carbonyl (C=O) groups is 1. The van der Waals surface area contributed by atoms with Crippen LogP contribution in [-0.2, 0) is 4.79 Å². The zero-order valence-corrected chi connectivity index (χ0v) is 13.6. The normalized spacial score (nSPS) is 16.8. The second-order valence-corrected chi connectivity index (χ2v) is 5.90. The lowest BCUT2D eigenvalue weighted by molar-refractivity contribution is -0.384. The van der Waals surface area contributed by atoms with Crippen LogP contribution >= 0.6 is 11.6 Å². The van der Waals surface area contributed by atoms with Crippen molar-refractivity contribution >= 4 is 28.9 Å². The van der Waals surface area contributed by atoms with Gasteiger partial charge in [-0.25, -0.2) is 4.79 Å². The number of hydrogen-bond donors (Lipinski definition) is 1. The number of anilines is 1. The molecule has 1 aromatic carbocycles. The van der Waals surface area contributed by atoms with Gasteiger partial charge in [-0.05, 0) is 25.0 Å². The highest BCUT2D eigenvalue weighted by Crippen LogP contribution is 2.29. The summed E-state index contributed by atoms with van der Waals surface area (Å²) >= 11 is 6.16. The molecule has 10 heteroatoms. The molecule has 0 bridgehead atoms. The van der Waals surface area contributed by atoms with Crippen LogP contribution in [0.15, 0.2) is 35.3 Å². The highest BCUT2D eigenvalue weighted by Gasteiger charge is 2.32. The van der Waals surface area contributed by atoms with Crippen molar-refractivity contribution in [2.24, 2.45) is 0 Å². The Morgan fingerprint density at radius 2 is 2.04 bits per heavy atom. The van der Waals surface area contributed by atoms with Crippen LogP contribution in [0.5, 0.6) is 0 Å². The fourth-order valence-corrected chi connectivity index (χ4v) is 3.07. The molecule has 0 unspecified atom stereocenters. The van der Waals surface area contributed by atoms with Crippen molar-refractivity contribution in [3.8, 4) is 5.69 Å². The summed E-state index contributed by atoms with van der Waals surface area (Å²) < 4.78 is 1.02. The third-order valence-electron chi connectivity index (χ3n) is 4.05. The van der Waals surface area contributed by atoms with Crippen LogP contribution in [0.4, 0.5) is 11.4 Å². The van der Waals surface area contributed by atoms with E-state index < -0.39 is 22.5 Å². The maximum absolute atomic E-state index is 12.5. The first-order valence-electron chi connectivity index (χ1n) is 7.42. The number of nitrogens with zero attached hydrogens (tertiary/aromatic N) is 4. The van der Waals surface area contributed by atoms with Crippen LogP contribution in [-0.4, -0.2) is 38.4 Å². The van der Waals surface area contributed by atoms with Crippen LogP contribution in [0.3, 0.4) is 0 Å². The minimum atomic E-state index is -0.979. The summed E-state index contributed by atoms with van der Waals surface area (Å²) in [6, 6.07) is 4.55. The monoisotopic (exact) mass is 364 g/mol. The number of rotatable bonds is 4. The largest absolute Gasteiger partial charge is 0.480 e. The van der Waals surface area contributed by atoms with E-state index >= 15 is 0 Å². The van der Waals surface area contributed by atoms with Gasteiger partial charge < -0.3 is 10.0 Å². The Morgan fingerprint density at radius 1 is 1.36 bits per heavy atom. The number of non-ortho nitro benzene ring substituents is 1. The van der Waals surface area contributed by atoms with E-state index in [1.807, 2.05) is 0 Å². The third-order valence-corrected chi connectivity index (χ3v) is 4.41. The van der Waals surface area contributed by atoms with Gasteiger partial charge in [-0.1, -0.05) is 11.6 Å². The second kappa shape index (κ2) is 6.52. The smallest absolute Gasteiger partial charge is 0.326 e. The van der Waals surface area contributed by atoms with Crippen LogP contribution in [0.2, 0.25) is 5.02 Å². The molecule has 2 aromatic rings. The highest BCUT2D eigenvalue weighted by molar-refractivity contribution is 6.33. The molecular weight excluding hydrogens is 352 g/mol. The summed E-state index contributed by atoms with van der Waals surface area (Å²) in [7, 11) is 0. The van der Waals surface area contributed by atoms with Crippen molar-refractivity contribution in [3.63, 3.8) is 0 Å². The Bertz CT molecular complexity index is 896. The van der Waals surface area contributed by atoms with Crippen LogP contribution in [0, 0.1) is 10.1 Å². The van der Waals surface area contributed by atoms with Crippen molar-refractivity contribution in [1.29, 1.82) is 0 Å². The van der Waals surface area contributed by atoms with Gasteiger partial charge in [0.2, 0.25) is 0 Å². The van der Waals surface area contributed by atoms with Gasteiger partial charge in [-0.2, -0.15) is 9.78 Å². The molecular formula is C15H13ClN4O5. The summed E-state index contributed by atoms with van der Waals surface area (Å²) in [6.07, 6.45) is 2.49. The average Bonchev–Trinajstić information content (AvgIpc) is 3.07. The molecule has 1 aliphatic heterocycles. The van der Waals surface area contributed by atoms with E-state index in [0.717, 1.165) is 4.68 Å². The lowest BCUT2D eigenvalue weighted by Crippen LogP contribution is -2.37. The molecule has 130 valence electrons. The molecule has 9 nitrogen and oxygen atoms in total. The van der Waals surface area contributed by atoms with E-state index in [-0.39, 0.29) is 16.4 Å². The van der Waals surface area contributed by atoms with Gasteiger partial charge in [0.25, 0.3) is 11.2 Å². The predicted molar refractivity (Wildman–Crippen MR) is 89.5 cm³/mol. The van der Waals surface area contributed by atoms with Crippen molar-refractivity contribution in [2.75, 3.05) is 11.4 Å². The molecule has 1 fully saturated rings. The molecule has 1 saturated heterocycles. The van der Waals surface area contributed by atoms with Crippen molar-refractivity contribution in [2.45, 2.75) is 18.9 Å². The molecule has 0 saturated carbocycles. The van der Waals surface area contributed by atoms with Gasteiger partial charge in [0.15, 0.2) is 0 Å². The van der Waals surface area contributed by atoms with Crippen LogP contribution < -0.4 is 10.5 Å². The molecule has 25 heavy (non-hydrogen) atoms. The Labute approximate surface area is 146 Å². The predicted octanol–water partition coefficient (Wildman–Crippen LogP) is 1.85. The van der Waals surface area contributed by atoms with Crippen LogP contribution in [0.25, 0.3) is 5.69 Å². The summed E-state index contributed by atoms with van der Waals surface area (Å²) in [6.45, 7) is 0.472. The van der Waals surface area contributed by atoms with E-state index in [9.17, 15) is 24.8 Å². The summed E-state index contributed by atoms with van der Waals surface area (Å²) in [5.41, 5.74) is -0.139. The number of benzene rings is 1. The standard InChI is InChI=1S/C15H13ClN4O5/c16-13-12(18-7-1-2-11(18)15(22)23)8-17-19(14(13)21)9-3-5-10(6-4-9)20(24)25/h3-6,8,11H,1-2,7H2,(H,22,23)/t11-/m1/s1. The Morgan fingerprint density at radius 3 is 2.64 bits per heavy atom. The quantitative estimate of drug-likeness (QED) is 0.649. The third kappa shape index (κ3) is 3.05. The Balaban J connectivity index is 1.99. The SMILES string of the molecule is O=C(O)[C@H]1CCCN1c1cnn(-c2ccc([N+](=O)[O-])cc2)c(=O)c1Cl. The van der Waals surface area contributed by atoms with Gasteiger partial charge in [0.05, 0.1) is 22.5 Å². The van der Waals surface area contributed by atoms with Crippen LogP contribution in [0.1, 0.15) is 12.8 Å². The molecule has 0 radical (unpaired) electrons. The lowest BCUT2D eigenvalue weighted by Gasteiger charge is -2.24. The van der Waals surface area contributed by atoms with E-state index in [0.29, 0.717) is 25.1 Å². The number of nitro benzene ring substituents is 1. The molecule has 1 aromatic heterocycles. The first-order valence-corrected chi connectivity index (χ1v) is 7.80. The Kier molecular flexibility index (Phi) is 4.41. The highest BCUT2D eigenvalue weighted by atomic mass is 35.5.